The lowest BCUT2D eigenvalue weighted by atomic mass is 10.2. The molecule has 0 fully saturated rings. The zero-order chi connectivity index (χ0) is 12.4. The molecule has 0 spiro atoms. The van der Waals surface area contributed by atoms with Crippen molar-refractivity contribution in [3.05, 3.63) is 33.8 Å². The van der Waals surface area contributed by atoms with Crippen LogP contribution in [0.1, 0.15) is 10.6 Å². The van der Waals surface area contributed by atoms with Crippen molar-refractivity contribution in [2.45, 2.75) is 13.5 Å². The fraction of sp³-hybridized carbons (Fsp3) is 0.250. The fourth-order valence-electron chi connectivity index (χ4n) is 1.54. The number of aromatic nitrogens is 1. The van der Waals surface area contributed by atoms with E-state index in [9.17, 15) is 5.11 Å². The Balaban J connectivity index is 2.54. The monoisotopic (exact) mass is 269 g/mol. The zero-order valence-corrected chi connectivity index (χ0v) is 11.1. The van der Waals surface area contributed by atoms with Crippen LogP contribution >= 0.6 is 22.9 Å². The molecule has 0 aliphatic carbocycles. The molecule has 0 saturated heterocycles. The van der Waals surface area contributed by atoms with Crippen LogP contribution < -0.4 is 4.74 Å². The van der Waals surface area contributed by atoms with E-state index < -0.39 is 0 Å². The summed E-state index contributed by atoms with van der Waals surface area (Å²) in [6, 6.07) is 5.41. The minimum Gasteiger partial charge on any atom is -0.496 e. The maximum absolute atomic E-state index is 9.17. The van der Waals surface area contributed by atoms with Crippen LogP contribution in [0.5, 0.6) is 5.75 Å². The minimum absolute atomic E-state index is 0.00633. The summed E-state index contributed by atoms with van der Waals surface area (Å²) < 4.78 is 5.28. The van der Waals surface area contributed by atoms with Crippen molar-refractivity contribution in [1.29, 1.82) is 0 Å². The number of aliphatic hydroxyl groups is 1. The summed E-state index contributed by atoms with van der Waals surface area (Å²) in [6.45, 7) is 1.88. The number of benzene rings is 1. The summed E-state index contributed by atoms with van der Waals surface area (Å²) >= 11 is 7.43. The molecular weight excluding hydrogens is 258 g/mol. The van der Waals surface area contributed by atoms with Gasteiger partial charge in [0.1, 0.15) is 10.8 Å². The molecule has 2 rings (SSSR count). The lowest BCUT2D eigenvalue weighted by Crippen LogP contribution is -1.87. The van der Waals surface area contributed by atoms with Crippen LogP contribution in [0.15, 0.2) is 18.2 Å². The normalized spacial score (nSPS) is 10.6. The SMILES string of the molecule is COc1ccc(Cl)cc1-c1nc(C)c(CO)s1. The number of halogens is 1. The summed E-state index contributed by atoms with van der Waals surface area (Å²) in [5, 5.41) is 10.6. The Morgan fingerprint density at radius 1 is 1.47 bits per heavy atom. The van der Waals surface area contributed by atoms with Crippen molar-refractivity contribution in [1.82, 2.24) is 4.98 Å². The number of methoxy groups -OCH3 is 1. The van der Waals surface area contributed by atoms with Gasteiger partial charge in [0.15, 0.2) is 0 Å². The van der Waals surface area contributed by atoms with Gasteiger partial charge in [-0.2, -0.15) is 0 Å². The third kappa shape index (κ3) is 2.44. The van der Waals surface area contributed by atoms with Gasteiger partial charge in [0.25, 0.3) is 0 Å². The van der Waals surface area contributed by atoms with Gasteiger partial charge in [0.05, 0.1) is 29.9 Å². The Bertz CT molecular complexity index is 539. The molecule has 17 heavy (non-hydrogen) atoms. The first-order chi connectivity index (χ1) is 8.15. The quantitative estimate of drug-likeness (QED) is 0.930. The molecule has 0 radical (unpaired) electrons. The lowest BCUT2D eigenvalue weighted by Gasteiger charge is -2.05. The predicted molar refractivity (Wildman–Crippen MR) is 69.8 cm³/mol. The van der Waals surface area contributed by atoms with Gasteiger partial charge < -0.3 is 9.84 Å². The second-order valence-electron chi connectivity index (χ2n) is 3.53. The Morgan fingerprint density at radius 3 is 2.82 bits per heavy atom. The molecule has 0 bridgehead atoms. The number of aliphatic hydroxyl groups excluding tert-OH is 1. The Labute approximate surface area is 109 Å². The molecule has 0 amide bonds. The zero-order valence-electron chi connectivity index (χ0n) is 9.53. The third-order valence-electron chi connectivity index (χ3n) is 2.43. The third-order valence-corrected chi connectivity index (χ3v) is 3.84. The highest BCUT2D eigenvalue weighted by Gasteiger charge is 2.13. The van der Waals surface area contributed by atoms with Crippen molar-refractivity contribution in [2.24, 2.45) is 0 Å². The fourth-order valence-corrected chi connectivity index (χ4v) is 2.65. The maximum Gasteiger partial charge on any atom is 0.129 e. The van der Waals surface area contributed by atoms with Crippen LogP contribution in [0, 0.1) is 6.92 Å². The van der Waals surface area contributed by atoms with E-state index in [1.807, 2.05) is 19.1 Å². The van der Waals surface area contributed by atoms with E-state index in [1.165, 1.54) is 11.3 Å². The topological polar surface area (TPSA) is 42.4 Å². The first kappa shape index (κ1) is 12.4. The van der Waals surface area contributed by atoms with Crippen molar-refractivity contribution >= 4 is 22.9 Å². The average Bonchev–Trinajstić information content (AvgIpc) is 2.70. The number of aryl methyl sites for hydroxylation is 1. The van der Waals surface area contributed by atoms with E-state index in [1.54, 1.807) is 13.2 Å². The molecule has 1 heterocycles. The summed E-state index contributed by atoms with van der Waals surface area (Å²) in [5.41, 5.74) is 1.70. The second-order valence-corrected chi connectivity index (χ2v) is 5.05. The number of thiazole rings is 1. The average molecular weight is 270 g/mol. The highest BCUT2D eigenvalue weighted by molar-refractivity contribution is 7.15. The predicted octanol–water partition coefficient (Wildman–Crippen LogP) is 3.27. The molecule has 0 aliphatic rings. The first-order valence-corrected chi connectivity index (χ1v) is 6.26. The van der Waals surface area contributed by atoms with Crippen molar-refractivity contribution in [3.8, 4) is 16.3 Å². The number of rotatable bonds is 3. The molecule has 2 aromatic rings. The van der Waals surface area contributed by atoms with E-state index >= 15 is 0 Å². The van der Waals surface area contributed by atoms with Gasteiger partial charge in [-0.15, -0.1) is 11.3 Å². The summed E-state index contributed by atoms with van der Waals surface area (Å²) in [6.07, 6.45) is 0. The highest BCUT2D eigenvalue weighted by atomic mass is 35.5. The van der Waals surface area contributed by atoms with Gasteiger partial charge in [-0.3, -0.25) is 0 Å². The van der Waals surface area contributed by atoms with Gasteiger partial charge in [-0.25, -0.2) is 4.98 Å². The molecule has 0 atom stereocenters. The molecule has 1 N–H and O–H groups in total. The summed E-state index contributed by atoms with van der Waals surface area (Å²) in [5.74, 6) is 0.729. The van der Waals surface area contributed by atoms with E-state index in [-0.39, 0.29) is 6.61 Å². The van der Waals surface area contributed by atoms with Gasteiger partial charge in [0.2, 0.25) is 0 Å². The van der Waals surface area contributed by atoms with Crippen molar-refractivity contribution in [2.75, 3.05) is 7.11 Å². The van der Waals surface area contributed by atoms with Crippen LogP contribution in [-0.4, -0.2) is 17.2 Å². The molecule has 3 nitrogen and oxygen atoms in total. The van der Waals surface area contributed by atoms with E-state index in [4.69, 9.17) is 16.3 Å². The van der Waals surface area contributed by atoms with Crippen molar-refractivity contribution in [3.63, 3.8) is 0 Å². The molecule has 5 heteroatoms. The number of nitrogens with zero attached hydrogens (tertiary/aromatic N) is 1. The summed E-state index contributed by atoms with van der Waals surface area (Å²) in [4.78, 5) is 5.28. The van der Waals surface area contributed by atoms with E-state index in [0.717, 1.165) is 26.9 Å². The molecule has 0 unspecified atom stereocenters. The largest absolute Gasteiger partial charge is 0.496 e. The lowest BCUT2D eigenvalue weighted by molar-refractivity contribution is 0.284. The van der Waals surface area contributed by atoms with Gasteiger partial charge in [-0.05, 0) is 25.1 Å². The molecule has 0 saturated carbocycles. The van der Waals surface area contributed by atoms with Crippen LogP contribution in [0.3, 0.4) is 0 Å². The van der Waals surface area contributed by atoms with Crippen LogP contribution in [0.2, 0.25) is 5.02 Å². The number of hydrogen-bond donors (Lipinski definition) is 1. The van der Waals surface area contributed by atoms with E-state index in [0.29, 0.717) is 5.02 Å². The molecule has 0 aliphatic heterocycles. The molecular formula is C12H12ClNO2S. The van der Waals surface area contributed by atoms with Crippen LogP contribution in [-0.2, 0) is 6.61 Å². The number of ether oxygens (including phenoxy) is 1. The second kappa shape index (κ2) is 5.04. The van der Waals surface area contributed by atoms with E-state index in [2.05, 4.69) is 4.98 Å². The minimum atomic E-state index is 0.00633. The molecule has 1 aromatic carbocycles. The first-order valence-electron chi connectivity index (χ1n) is 5.06. The standard InChI is InChI=1S/C12H12ClNO2S/c1-7-11(6-15)17-12(14-7)9-5-8(13)3-4-10(9)16-2/h3-5,15H,6H2,1-2H3. The van der Waals surface area contributed by atoms with Gasteiger partial charge in [0, 0.05) is 5.02 Å². The molecule has 90 valence electrons. The maximum atomic E-state index is 9.17. The Morgan fingerprint density at radius 2 is 2.24 bits per heavy atom. The Kier molecular flexibility index (Phi) is 3.66. The number of hydrogen-bond acceptors (Lipinski definition) is 4. The van der Waals surface area contributed by atoms with Crippen LogP contribution in [0.4, 0.5) is 0 Å². The van der Waals surface area contributed by atoms with Crippen molar-refractivity contribution < 1.29 is 9.84 Å². The van der Waals surface area contributed by atoms with Gasteiger partial charge in [-0.1, -0.05) is 11.6 Å². The smallest absolute Gasteiger partial charge is 0.129 e. The summed E-state index contributed by atoms with van der Waals surface area (Å²) in [7, 11) is 1.61. The van der Waals surface area contributed by atoms with Gasteiger partial charge >= 0.3 is 0 Å². The highest BCUT2D eigenvalue weighted by Crippen LogP contribution is 2.36. The van der Waals surface area contributed by atoms with Crippen LogP contribution in [0.25, 0.3) is 10.6 Å². The Hall–Kier alpha value is -1.10. The molecule has 1 aromatic heterocycles.